The number of hydrogen-bond acceptors (Lipinski definition) is 6. The first-order valence-corrected chi connectivity index (χ1v) is 9.80. The zero-order valence-electron chi connectivity index (χ0n) is 16.8. The van der Waals surface area contributed by atoms with E-state index >= 15 is 0 Å². The number of nitrogens with one attached hydrogen (secondary N) is 1. The maximum absolute atomic E-state index is 12.9. The third kappa shape index (κ3) is 3.83. The lowest BCUT2D eigenvalue weighted by atomic mass is 10.2. The van der Waals surface area contributed by atoms with Gasteiger partial charge in [-0.25, -0.2) is 4.79 Å². The highest BCUT2D eigenvalue weighted by molar-refractivity contribution is 5.74. The Labute approximate surface area is 168 Å². The van der Waals surface area contributed by atoms with Crippen LogP contribution in [0.1, 0.15) is 5.56 Å². The minimum Gasteiger partial charge on any atom is -0.379 e. The van der Waals surface area contributed by atoms with Gasteiger partial charge in [0.05, 0.1) is 19.8 Å². The Morgan fingerprint density at radius 1 is 1.07 bits per heavy atom. The molecule has 1 aromatic carbocycles. The van der Waals surface area contributed by atoms with Crippen LogP contribution in [-0.4, -0.2) is 63.0 Å². The van der Waals surface area contributed by atoms with E-state index in [4.69, 9.17) is 4.74 Å². The summed E-state index contributed by atoms with van der Waals surface area (Å²) in [5, 5.41) is 3.37. The molecule has 1 aliphatic heterocycles. The second-order valence-electron chi connectivity index (χ2n) is 7.27. The van der Waals surface area contributed by atoms with E-state index in [-0.39, 0.29) is 11.2 Å². The summed E-state index contributed by atoms with van der Waals surface area (Å²) >= 11 is 0. The summed E-state index contributed by atoms with van der Waals surface area (Å²) in [6.07, 6.45) is 0. The smallest absolute Gasteiger partial charge is 0.332 e. The zero-order valence-corrected chi connectivity index (χ0v) is 16.8. The Morgan fingerprint density at radius 3 is 2.52 bits per heavy atom. The molecule has 1 saturated heterocycles. The van der Waals surface area contributed by atoms with Gasteiger partial charge < -0.3 is 10.1 Å². The van der Waals surface area contributed by atoms with Crippen LogP contribution >= 0.6 is 0 Å². The molecule has 3 aromatic rings. The molecular formula is C20H26N6O3. The van der Waals surface area contributed by atoms with E-state index in [1.807, 2.05) is 34.9 Å². The highest BCUT2D eigenvalue weighted by atomic mass is 16.5. The Hall–Kier alpha value is -2.91. The number of aryl methyl sites for hydroxylation is 1. The number of fused-ring (bicyclic) bond motifs is 1. The predicted octanol–water partition coefficient (Wildman–Crippen LogP) is 0.226. The van der Waals surface area contributed by atoms with Gasteiger partial charge in [-0.05, 0) is 5.56 Å². The largest absolute Gasteiger partial charge is 0.379 e. The lowest BCUT2D eigenvalue weighted by molar-refractivity contribution is 0.0398. The average molecular weight is 398 g/mol. The van der Waals surface area contributed by atoms with E-state index < -0.39 is 0 Å². The number of hydrogen-bond donors (Lipinski definition) is 1. The maximum atomic E-state index is 12.9. The topological polar surface area (TPSA) is 86.3 Å². The molecule has 0 unspecified atom stereocenters. The van der Waals surface area contributed by atoms with Crippen LogP contribution < -0.4 is 16.6 Å². The fourth-order valence-corrected chi connectivity index (χ4v) is 3.65. The van der Waals surface area contributed by atoms with Crippen LogP contribution in [0.3, 0.4) is 0 Å². The molecule has 3 heterocycles. The number of aromatic nitrogens is 4. The molecule has 0 radical (unpaired) electrons. The second kappa shape index (κ2) is 8.22. The summed E-state index contributed by atoms with van der Waals surface area (Å²) < 4.78 is 9.81. The summed E-state index contributed by atoms with van der Waals surface area (Å²) in [4.78, 5) is 32.2. The van der Waals surface area contributed by atoms with Gasteiger partial charge in [0.1, 0.15) is 0 Å². The number of rotatable bonds is 6. The molecule has 0 aliphatic carbocycles. The molecule has 154 valence electrons. The number of imidazole rings is 1. The standard InChI is InChI=1S/C20H26N6O3/c1-23-17-16(18(27)24(2)20(23)28)26(14-15-6-4-3-5-7-15)19(22-17)21-8-9-25-10-12-29-13-11-25/h3-7H,8-14H2,1-2H3,(H,21,22). The van der Waals surface area contributed by atoms with E-state index in [1.54, 1.807) is 7.05 Å². The molecule has 1 N–H and O–H groups in total. The van der Waals surface area contributed by atoms with Gasteiger partial charge in [0, 0.05) is 40.3 Å². The molecule has 9 nitrogen and oxygen atoms in total. The summed E-state index contributed by atoms with van der Waals surface area (Å²) in [6, 6.07) is 9.91. The van der Waals surface area contributed by atoms with Crippen LogP contribution in [0.5, 0.6) is 0 Å². The van der Waals surface area contributed by atoms with Gasteiger partial charge in [-0.3, -0.25) is 23.4 Å². The summed E-state index contributed by atoms with van der Waals surface area (Å²) in [5.41, 5.74) is 1.15. The summed E-state index contributed by atoms with van der Waals surface area (Å²) in [7, 11) is 3.14. The lowest BCUT2D eigenvalue weighted by Crippen LogP contribution is -2.39. The van der Waals surface area contributed by atoms with Crippen molar-refractivity contribution in [1.82, 2.24) is 23.6 Å². The number of anilines is 1. The van der Waals surface area contributed by atoms with Crippen molar-refractivity contribution in [3.05, 3.63) is 56.7 Å². The van der Waals surface area contributed by atoms with Crippen molar-refractivity contribution in [2.75, 3.05) is 44.7 Å². The highest BCUT2D eigenvalue weighted by Crippen LogP contribution is 2.17. The summed E-state index contributed by atoms with van der Waals surface area (Å²) in [6.45, 7) is 5.37. The molecule has 4 rings (SSSR count). The van der Waals surface area contributed by atoms with Gasteiger partial charge in [-0.15, -0.1) is 0 Å². The molecule has 1 aliphatic rings. The van der Waals surface area contributed by atoms with Gasteiger partial charge in [-0.1, -0.05) is 30.3 Å². The number of morpholine rings is 1. The minimum absolute atomic E-state index is 0.340. The van der Waals surface area contributed by atoms with Crippen molar-refractivity contribution in [3.63, 3.8) is 0 Å². The van der Waals surface area contributed by atoms with Crippen LogP contribution in [0.4, 0.5) is 5.95 Å². The van der Waals surface area contributed by atoms with Gasteiger partial charge in [0.25, 0.3) is 5.56 Å². The van der Waals surface area contributed by atoms with E-state index in [2.05, 4.69) is 15.2 Å². The summed E-state index contributed by atoms with van der Waals surface area (Å²) in [5.74, 6) is 0.593. The Balaban J connectivity index is 1.70. The second-order valence-corrected chi connectivity index (χ2v) is 7.27. The first-order chi connectivity index (χ1) is 14.1. The fraction of sp³-hybridized carbons (Fsp3) is 0.450. The first-order valence-electron chi connectivity index (χ1n) is 9.80. The van der Waals surface area contributed by atoms with E-state index in [9.17, 15) is 9.59 Å². The van der Waals surface area contributed by atoms with Crippen LogP contribution in [0.15, 0.2) is 39.9 Å². The Morgan fingerprint density at radius 2 is 1.79 bits per heavy atom. The molecule has 0 atom stereocenters. The molecular weight excluding hydrogens is 372 g/mol. The minimum atomic E-state index is -0.383. The molecule has 1 fully saturated rings. The van der Waals surface area contributed by atoms with Gasteiger partial charge >= 0.3 is 5.69 Å². The Bertz CT molecular complexity index is 1110. The average Bonchev–Trinajstić information content (AvgIpc) is 3.10. The number of ether oxygens (including phenoxy) is 1. The first kappa shape index (κ1) is 19.4. The van der Waals surface area contributed by atoms with Gasteiger partial charge in [0.15, 0.2) is 11.2 Å². The van der Waals surface area contributed by atoms with Crippen LogP contribution in [0.25, 0.3) is 11.2 Å². The molecule has 9 heteroatoms. The van der Waals surface area contributed by atoms with Crippen molar-refractivity contribution in [3.8, 4) is 0 Å². The molecule has 0 saturated carbocycles. The maximum Gasteiger partial charge on any atom is 0.332 e. The zero-order chi connectivity index (χ0) is 20.4. The number of nitrogens with zero attached hydrogens (tertiary/aromatic N) is 5. The third-order valence-electron chi connectivity index (χ3n) is 5.35. The normalized spacial score (nSPS) is 15.1. The predicted molar refractivity (Wildman–Crippen MR) is 112 cm³/mol. The Kier molecular flexibility index (Phi) is 5.50. The van der Waals surface area contributed by atoms with Gasteiger partial charge in [-0.2, -0.15) is 4.98 Å². The SMILES string of the molecule is Cn1c(=O)c2c(nc(NCCN3CCOCC3)n2Cc2ccccc2)n(C)c1=O. The van der Waals surface area contributed by atoms with Crippen molar-refractivity contribution in [2.45, 2.75) is 6.54 Å². The molecule has 0 amide bonds. The molecule has 29 heavy (non-hydrogen) atoms. The molecule has 0 spiro atoms. The number of benzene rings is 1. The third-order valence-corrected chi connectivity index (χ3v) is 5.35. The van der Waals surface area contributed by atoms with E-state index in [0.717, 1.165) is 43.0 Å². The van der Waals surface area contributed by atoms with Crippen molar-refractivity contribution >= 4 is 17.1 Å². The van der Waals surface area contributed by atoms with Crippen LogP contribution in [-0.2, 0) is 25.4 Å². The fourth-order valence-electron chi connectivity index (χ4n) is 3.65. The lowest BCUT2D eigenvalue weighted by Gasteiger charge is -2.26. The van der Waals surface area contributed by atoms with Crippen LogP contribution in [0, 0.1) is 0 Å². The monoisotopic (exact) mass is 398 g/mol. The van der Waals surface area contributed by atoms with Crippen molar-refractivity contribution < 1.29 is 4.74 Å². The highest BCUT2D eigenvalue weighted by Gasteiger charge is 2.19. The molecule has 2 aromatic heterocycles. The van der Waals surface area contributed by atoms with Crippen molar-refractivity contribution in [1.29, 1.82) is 0 Å². The van der Waals surface area contributed by atoms with Gasteiger partial charge in [0.2, 0.25) is 5.95 Å². The quantitative estimate of drug-likeness (QED) is 0.640. The van der Waals surface area contributed by atoms with E-state index in [0.29, 0.717) is 30.2 Å². The van der Waals surface area contributed by atoms with Crippen molar-refractivity contribution in [2.24, 2.45) is 14.1 Å². The molecule has 0 bridgehead atoms. The van der Waals surface area contributed by atoms with Crippen LogP contribution in [0.2, 0.25) is 0 Å². The van der Waals surface area contributed by atoms with E-state index in [1.165, 1.54) is 11.6 Å².